The van der Waals surface area contributed by atoms with Crippen LogP contribution in [0, 0.1) is 23.3 Å². The minimum atomic E-state index is -0.813. The van der Waals surface area contributed by atoms with Crippen LogP contribution in [0.25, 0.3) is 0 Å². The number of hydrazine groups is 1. The summed E-state index contributed by atoms with van der Waals surface area (Å²) in [6.07, 6.45) is -0.169. The quantitative estimate of drug-likeness (QED) is 0.514. The number of nitrogens with one attached hydrogen (secondary N) is 1. The van der Waals surface area contributed by atoms with Crippen molar-refractivity contribution in [1.82, 2.24) is 5.43 Å². The van der Waals surface area contributed by atoms with E-state index in [9.17, 15) is 17.6 Å². The summed E-state index contributed by atoms with van der Waals surface area (Å²) < 4.78 is 53.5. The number of nitrogens with two attached hydrogens (primary N) is 1. The van der Waals surface area contributed by atoms with Crippen molar-refractivity contribution in [3.05, 3.63) is 70.8 Å². The molecule has 1 unspecified atom stereocenters. The molecule has 0 saturated carbocycles. The Labute approximate surface area is 113 Å². The number of rotatable bonds is 4. The molecule has 0 bridgehead atoms. The lowest BCUT2D eigenvalue weighted by Crippen LogP contribution is -2.30. The molecule has 0 fully saturated rings. The second-order valence-corrected chi connectivity index (χ2v) is 4.33. The summed E-state index contributed by atoms with van der Waals surface area (Å²) in [6, 6.07) is 5.48. The van der Waals surface area contributed by atoms with E-state index in [0.29, 0.717) is 6.07 Å². The minimum Gasteiger partial charge on any atom is -0.271 e. The molecule has 6 heteroatoms. The molecule has 0 aliphatic rings. The van der Waals surface area contributed by atoms with Gasteiger partial charge in [0.15, 0.2) is 0 Å². The Morgan fingerprint density at radius 1 is 0.950 bits per heavy atom. The van der Waals surface area contributed by atoms with Gasteiger partial charge in [-0.3, -0.25) is 11.3 Å². The lowest BCUT2D eigenvalue weighted by molar-refractivity contribution is 0.493. The van der Waals surface area contributed by atoms with Gasteiger partial charge in [-0.25, -0.2) is 17.6 Å². The molecular formula is C14H12F4N2. The first-order chi connectivity index (χ1) is 9.51. The summed E-state index contributed by atoms with van der Waals surface area (Å²) in [5.74, 6) is 2.28. The normalized spacial score (nSPS) is 12.4. The van der Waals surface area contributed by atoms with E-state index in [1.807, 2.05) is 0 Å². The highest BCUT2D eigenvalue weighted by Gasteiger charge is 2.17. The fourth-order valence-corrected chi connectivity index (χ4v) is 1.98. The average molecular weight is 284 g/mol. The summed E-state index contributed by atoms with van der Waals surface area (Å²) in [6.45, 7) is 0. The second kappa shape index (κ2) is 6.02. The zero-order valence-electron chi connectivity index (χ0n) is 10.3. The Morgan fingerprint density at radius 3 is 2.00 bits per heavy atom. The molecule has 0 aliphatic carbocycles. The molecule has 2 aromatic rings. The Kier molecular flexibility index (Phi) is 4.36. The third-order valence-electron chi connectivity index (χ3n) is 2.96. The van der Waals surface area contributed by atoms with Gasteiger partial charge in [0.2, 0.25) is 0 Å². The predicted molar refractivity (Wildman–Crippen MR) is 66.5 cm³/mol. The standard InChI is InChI=1S/C14H12F4N2/c15-9-4-8(5-10(16)6-9)14(20-19)7-11-12(17)2-1-3-13(11)18/h1-6,14,20H,7,19H2. The van der Waals surface area contributed by atoms with Crippen LogP contribution >= 0.6 is 0 Å². The highest BCUT2D eigenvalue weighted by atomic mass is 19.1. The minimum absolute atomic E-state index is 0.169. The van der Waals surface area contributed by atoms with E-state index in [1.54, 1.807) is 0 Å². The van der Waals surface area contributed by atoms with E-state index in [4.69, 9.17) is 5.84 Å². The Bertz CT molecular complexity index is 576. The van der Waals surface area contributed by atoms with Crippen LogP contribution in [0.5, 0.6) is 0 Å². The molecule has 2 aromatic carbocycles. The largest absolute Gasteiger partial charge is 0.271 e. The Balaban J connectivity index is 2.33. The first kappa shape index (κ1) is 14.5. The van der Waals surface area contributed by atoms with Gasteiger partial charge in [0.05, 0.1) is 6.04 Å². The molecule has 20 heavy (non-hydrogen) atoms. The maximum absolute atomic E-state index is 13.6. The van der Waals surface area contributed by atoms with Crippen LogP contribution in [-0.4, -0.2) is 0 Å². The van der Waals surface area contributed by atoms with Crippen LogP contribution in [0.1, 0.15) is 17.2 Å². The molecule has 2 rings (SSSR count). The van der Waals surface area contributed by atoms with Gasteiger partial charge in [-0.15, -0.1) is 0 Å². The molecule has 0 aliphatic heterocycles. The van der Waals surface area contributed by atoms with E-state index in [1.165, 1.54) is 6.07 Å². The van der Waals surface area contributed by atoms with Gasteiger partial charge in [-0.1, -0.05) is 6.07 Å². The molecular weight excluding hydrogens is 272 g/mol. The van der Waals surface area contributed by atoms with Gasteiger partial charge in [-0.05, 0) is 36.2 Å². The average Bonchev–Trinajstić information content (AvgIpc) is 2.37. The van der Waals surface area contributed by atoms with Crippen LogP contribution in [0.15, 0.2) is 36.4 Å². The zero-order valence-corrected chi connectivity index (χ0v) is 10.3. The number of halogens is 4. The van der Waals surface area contributed by atoms with E-state index >= 15 is 0 Å². The molecule has 3 N–H and O–H groups in total. The third-order valence-corrected chi connectivity index (χ3v) is 2.96. The molecule has 2 nitrogen and oxygen atoms in total. The van der Waals surface area contributed by atoms with Crippen LogP contribution in [0.2, 0.25) is 0 Å². The highest BCUT2D eigenvalue weighted by Crippen LogP contribution is 2.23. The van der Waals surface area contributed by atoms with Crippen molar-refractivity contribution < 1.29 is 17.6 Å². The van der Waals surface area contributed by atoms with Crippen molar-refractivity contribution in [2.24, 2.45) is 5.84 Å². The van der Waals surface area contributed by atoms with Crippen molar-refractivity contribution in [3.8, 4) is 0 Å². The van der Waals surface area contributed by atoms with E-state index in [0.717, 1.165) is 24.3 Å². The lowest BCUT2D eigenvalue weighted by atomic mass is 9.98. The van der Waals surface area contributed by atoms with Gasteiger partial charge in [0.1, 0.15) is 23.3 Å². The number of benzene rings is 2. The van der Waals surface area contributed by atoms with E-state index in [2.05, 4.69) is 5.43 Å². The smallest absolute Gasteiger partial charge is 0.129 e. The summed E-state index contributed by atoms with van der Waals surface area (Å²) in [5, 5.41) is 0. The van der Waals surface area contributed by atoms with Crippen LogP contribution < -0.4 is 11.3 Å². The lowest BCUT2D eigenvalue weighted by Gasteiger charge is -2.17. The summed E-state index contributed by atoms with van der Waals surface area (Å²) in [5.41, 5.74) is 2.29. The molecule has 0 aromatic heterocycles. The monoisotopic (exact) mass is 284 g/mol. The van der Waals surface area contributed by atoms with Crippen molar-refractivity contribution in [2.45, 2.75) is 12.5 Å². The van der Waals surface area contributed by atoms with Crippen LogP contribution in [0.4, 0.5) is 17.6 Å². The molecule has 0 spiro atoms. The van der Waals surface area contributed by atoms with Gasteiger partial charge in [-0.2, -0.15) is 0 Å². The topological polar surface area (TPSA) is 38.0 Å². The SMILES string of the molecule is NNC(Cc1c(F)cccc1F)c1cc(F)cc(F)c1. The Morgan fingerprint density at radius 2 is 1.50 bits per heavy atom. The summed E-state index contributed by atoms with van der Waals surface area (Å²) >= 11 is 0. The molecule has 0 radical (unpaired) electrons. The number of hydrogen-bond acceptors (Lipinski definition) is 2. The second-order valence-electron chi connectivity index (χ2n) is 4.33. The van der Waals surface area contributed by atoms with Crippen molar-refractivity contribution in [1.29, 1.82) is 0 Å². The maximum atomic E-state index is 13.6. The van der Waals surface area contributed by atoms with Crippen molar-refractivity contribution in [2.75, 3.05) is 0 Å². The summed E-state index contributed by atoms with van der Waals surface area (Å²) in [7, 11) is 0. The molecule has 106 valence electrons. The molecule has 1 atom stereocenters. The number of hydrogen-bond donors (Lipinski definition) is 2. The maximum Gasteiger partial charge on any atom is 0.129 e. The van der Waals surface area contributed by atoms with Gasteiger partial charge in [0, 0.05) is 11.6 Å². The van der Waals surface area contributed by atoms with Crippen LogP contribution in [-0.2, 0) is 6.42 Å². The third kappa shape index (κ3) is 3.15. The van der Waals surface area contributed by atoms with Gasteiger partial charge >= 0.3 is 0 Å². The molecule has 0 amide bonds. The Hall–Kier alpha value is -1.92. The fourth-order valence-electron chi connectivity index (χ4n) is 1.98. The van der Waals surface area contributed by atoms with E-state index < -0.39 is 29.3 Å². The predicted octanol–water partition coefficient (Wildman–Crippen LogP) is 2.99. The first-order valence-electron chi connectivity index (χ1n) is 5.86. The fraction of sp³-hybridized carbons (Fsp3) is 0.143. The zero-order chi connectivity index (χ0) is 14.7. The highest BCUT2D eigenvalue weighted by molar-refractivity contribution is 5.26. The van der Waals surface area contributed by atoms with Gasteiger partial charge < -0.3 is 0 Å². The summed E-state index contributed by atoms with van der Waals surface area (Å²) in [4.78, 5) is 0. The molecule has 0 heterocycles. The van der Waals surface area contributed by atoms with Crippen LogP contribution in [0.3, 0.4) is 0 Å². The van der Waals surface area contributed by atoms with E-state index in [-0.39, 0.29) is 17.5 Å². The molecule has 0 saturated heterocycles. The van der Waals surface area contributed by atoms with Gasteiger partial charge in [0.25, 0.3) is 0 Å². The first-order valence-corrected chi connectivity index (χ1v) is 5.86. The van der Waals surface area contributed by atoms with Crippen molar-refractivity contribution >= 4 is 0 Å². The van der Waals surface area contributed by atoms with Crippen molar-refractivity contribution in [3.63, 3.8) is 0 Å².